The van der Waals surface area contributed by atoms with E-state index < -0.39 is 0 Å². The summed E-state index contributed by atoms with van der Waals surface area (Å²) in [5.74, 6) is 0.745. The van der Waals surface area contributed by atoms with Gasteiger partial charge in [0.1, 0.15) is 4.83 Å². The highest BCUT2D eigenvalue weighted by Crippen LogP contribution is 2.38. The van der Waals surface area contributed by atoms with Crippen molar-refractivity contribution in [1.29, 1.82) is 0 Å². The van der Waals surface area contributed by atoms with Gasteiger partial charge in [0, 0.05) is 22.9 Å². The molecule has 0 aliphatic heterocycles. The minimum atomic E-state index is 0.0118. The standard InChI is InChI=1S/C18H24N2OS/c1-11(21)19-10-15-9-13-7-12-8-14(18(2,3)4)5-6-16(12)20-17(13)22-15/h7,9,14H,5-6,8,10H2,1-4H3,(H,19,21). The van der Waals surface area contributed by atoms with Crippen molar-refractivity contribution in [3.8, 4) is 0 Å². The molecular weight excluding hydrogens is 292 g/mol. The molecule has 3 nitrogen and oxygen atoms in total. The molecule has 1 unspecified atom stereocenters. The number of rotatable bonds is 2. The van der Waals surface area contributed by atoms with Crippen LogP contribution in [-0.4, -0.2) is 10.9 Å². The predicted octanol–water partition coefficient (Wildman–Crippen LogP) is 4.08. The van der Waals surface area contributed by atoms with Crippen LogP contribution in [-0.2, 0) is 24.2 Å². The molecule has 1 amide bonds. The first kappa shape index (κ1) is 15.5. The molecule has 1 aliphatic carbocycles. The maximum absolute atomic E-state index is 11.0. The van der Waals surface area contributed by atoms with E-state index in [9.17, 15) is 4.79 Å². The molecular formula is C18H24N2OS. The number of carbonyl (C=O) groups excluding carboxylic acids is 1. The van der Waals surface area contributed by atoms with Gasteiger partial charge in [-0.2, -0.15) is 0 Å². The Morgan fingerprint density at radius 2 is 2.18 bits per heavy atom. The largest absolute Gasteiger partial charge is 0.351 e. The second-order valence-electron chi connectivity index (χ2n) is 7.42. The monoisotopic (exact) mass is 316 g/mol. The van der Waals surface area contributed by atoms with Crippen LogP contribution in [0.15, 0.2) is 12.1 Å². The Morgan fingerprint density at radius 1 is 1.41 bits per heavy atom. The zero-order valence-electron chi connectivity index (χ0n) is 13.8. The van der Waals surface area contributed by atoms with Gasteiger partial charge >= 0.3 is 0 Å². The maximum Gasteiger partial charge on any atom is 0.217 e. The summed E-state index contributed by atoms with van der Waals surface area (Å²) in [5.41, 5.74) is 3.06. The molecule has 1 atom stereocenters. The van der Waals surface area contributed by atoms with Crippen molar-refractivity contribution in [2.75, 3.05) is 0 Å². The van der Waals surface area contributed by atoms with Crippen molar-refractivity contribution in [1.82, 2.24) is 10.3 Å². The molecule has 0 radical (unpaired) electrons. The van der Waals surface area contributed by atoms with E-state index in [4.69, 9.17) is 4.98 Å². The molecule has 1 aliphatic rings. The summed E-state index contributed by atoms with van der Waals surface area (Å²) in [5, 5.41) is 4.08. The van der Waals surface area contributed by atoms with Gasteiger partial charge in [0.25, 0.3) is 0 Å². The highest BCUT2D eigenvalue weighted by atomic mass is 32.1. The van der Waals surface area contributed by atoms with Crippen LogP contribution in [0, 0.1) is 11.3 Å². The molecule has 0 bridgehead atoms. The van der Waals surface area contributed by atoms with Crippen LogP contribution in [0.4, 0.5) is 0 Å². The molecule has 2 heterocycles. The summed E-state index contributed by atoms with van der Waals surface area (Å²) in [6.07, 6.45) is 3.46. The lowest BCUT2D eigenvalue weighted by Gasteiger charge is -2.34. The average Bonchev–Trinajstić information content (AvgIpc) is 2.82. The maximum atomic E-state index is 11.0. The van der Waals surface area contributed by atoms with E-state index in [1.165, 1.54) is 27.9 Å². The van der Waals surface area contributed by atoms with E-state index in [1.807, 2.05) is 0 Å². The molecule has 0 aromatic carbocycles. The summed E-state index contributed by atoms with van der Waals surface area (Å²) in [6, 6.07) is 4.49. The number of nitrogens with one attached hydrogen (secondary N) is 1. The number of aryl methyl sites for hydroxylation is 1. The number of nitrogens with zero attached hydrogens (tertiary/aromatic N) is 1. The third-order valence-corrected chi connectivity index (χ3v) is 5.71. The first-order valence-corrected chi connectivity index (χ1v) is 8.80. The van der Waals surface area contributed by atoms with Crippen molar-refractivity contribution in [3.05, 3.63) is 28.3 Å². The molecule has 4 heteroatoms. The Kier molecular flexibility index (Phi) is 3.98. The normalized spacial score (nSPS) is 18.3. The first-order valence-electron chi connectivity index (χ1n) is 7.98. The van der Waals surface area contributed by atoms with E-state index in [0.29, 0.717) is 12.0 Å². The van der Waals surface area contributed by atoms with E-state index >= 15 is 0 Å². The predicted molar refractivity (Wildman–Crippen MR) is 92.1 cm³/mol. The van der Waals surface area contributed by atoms with Crippen molar-refractivity contribution < 1.29 is 4.79 Å². The molecule has 2 aromatic heterocycles. The van der Waals surface area contributed by atoms with Gasteiger partial charge in [-0.15, -0.1) is 11.3 Å². The van der Waals surface area contributed by atoms with Crippen LogP contribution in [0.5, 0.6) is 0 Å². The number of pyridine rings is 1. The van der Waals surface area contributed by atoms with Gasteiger partial charge in [-0.3, -0.25) is 4.79 Å². The van der Waals surface area contributed by atoms with Crippen LogP contribution < -0.4 is 5.32 Å². The number of aromatic nitrogens is 1. The van der Waals surface area contributed by atoms with Gasteiger partial charge in [-0.1, -0.05) is 20.8 Å². The summed E-state index contributed by atoms with van der Waals surface area (Å²) >= 11 is 1.69. The van der Waals surface area contributed by atoms with Crippen LogP contribution in [0.2, 0.25) is 0 Å². The highest BCUT2D eigenvalue weighted by Gasteiger charge is 2.29. The number of carbonyl (C=O) groups is 1. The van der Waals surface area contributed by atoms with E-state index in [-0.39, 0.29) is 5.91 Å². The quantitative estimate of drug-likeness (QED) is 0.907. The third kappa shape index (κ3) is 3.17. The Hall–Kier alpha value is -1.42. The van der Waals surface area contributed by atoms with Gasteiger partial charge in [0.2, 0.25) is 5.91 Å². The lowest BCUT2D eigenvalue weighted by Crippen LogP contribution is -2.27. The average molecular weight is 316 g/mol. The number of amides is 1. The minimum absolute atomic E-state index is 0.0118. The lowest BCUT2D eigenvalue weighted by molar-refractivity contribution is -0.119. The highest BCUT2D eigenvalue weighted by molar-refractivity contribution is 7.18. The van der Waals surface area contributed by atoms with Crippen LogP contribution in [0.3, 0.4) is 0 Å². The molecule has 3 rings (SSSR count). The summed E-state index contributed by atoms with van der Waals surface area (Å²) in [4.78, 5) is 18.2. The Bertz CT molecular complexity index is 712. The number of fused-ring (bicyclic) bond motifs is 2. The lowest BCUT2D eigenvalue weighted by atomic mass is 9.71. The number of hydrogen-bond donors (Lipinski definition) is 1. The van der Waals surface area contributed by atoms with Crippen molar-refractivity contribution in [2.45, 2.75) is 53.5 Å². The first-order chi connectivity index (χ1) is 10.3. The Morgan fingerprint density at radius 3 is 2.86 bits per heavy atom. The minimum Gasteiger partial charge on any atom is -0.351 e. The van der Waals surface area contributed by atoms with Gasteiger partial charge in [0.15, 0.2) is 0 Å². The molecule has 0 saturated carbocycles. The van der Waals surface area contributed by atoms with Gasteiger partial charge in [-0.25, -0.2) is 4.98 Å². The van der Waals surface area contributed by atoms with Crippen LogP contribution >= 0.6 is 11.3 Å². The summed E-state index contributed by atoms with van der Waals surface area (Å²) in [7, 11) is 0. The van der Waals surface area contributed by atoms with E-state index in [0.717, 1.165) is 23.6 Å². The Labute approximate surface area is 136 Å². The molecule has 1 N–H and O–H groups in total. The van der Waals surface area contributed by atoms with Gasteiger partial charge < -0.3 is 5.32 Å². The number of hydrogen-bond acceptors (Lipinski definition) is 3. The molecule has 0 fully saturated rings. The van der Waals surface area contributed by atoms with Crippen molar-refractivity contribution in [2.24, 2.45) is 11.3 Å². The molecule has 0 saturated heterocycles. The van der Waals surface area contributed by atoms with E-state index in [1.54, 1.807) is 18.3 Å². The van der Waals surface area contributed by atoms with Gasteiger partial charge in [0.05, 0.1) is 6.54 Å². The topological polar surface area (TPSA) is 42.0 Å². The Balaban J connectivity index is 1.88. The molecule has 0 spiro atoms. The molecule has 22 heavy (non-hydrogen) atoms. The summed E-state index contributed by atoms with van der Waals surface area (Å²) < 4.78 is 0. The SMILES string of the molecule is CC(=O)NCc1cc2cc3c(nc2s1)CCC(C(C)(C)C)C3. The molecule has 118 valence electrons. The smallest absolute Gasteiger partial charge is 0.217 e. The fraction of sp³-hybridized carbons (Fsp3) is 0.556. The number of thiophene rings is 1. The fourth-order valence-electron chi connectivity index (χ4n) is 3.21. The van der Waals surface area contributed by atoms with Crippen molar-refractivity contribution in [3.63, 3.8) is 0 Å². The molecule has 2 aromatic rings. The fourth-order valence-corrected chi connectivity index (χ4v) is 4.18. The van der Waals surface area contributed by atoms with Gasteiger partial charge in [-0.05, 0) is 48.3 Å². The van der Waals surface area contributed by atoms with E-state index in [2.05, 4.69) is 38.2 Å². The van der Waals surface area contributed by atoms with Crippen LogP contribution in [0.25, 0.3) is 10.2 Å². The zero-order valence-corrected chi connectivity index (χ0v) is 14.6. The second kappa shape index (κ2) is 5.65. The third-order valence-electron chi connectivity index (χ3n) is 4.66. The van der Waals surface area contributed by atoms with Crippen LogP contribution in [0.1, 0.15) is 50.3 Å². The van der Waals surface area contributed by atoms with Crippen molar-refractivity contribution >= 4 is 27.5 Å². The summed E-state index contributed by atoms with van der Waals surface area (Å²) in [6.45, 7) is 9.17. The second-order valence-corrected chi connectivity index (χ2v) is 8.53. The zero-order chi connectivity index (χ0) is 15.9.